The van der Waals surface area contributed by atoms with Crippen molar-refractivity contribution in [3.8, 4) is 0 Å². The third kappa shape index (κ3) is 1.29. The fourth-order valence-electron chi connectivity index (χ4n) is 5.26. The lowest BCUT2D eigenvalue weighted by Gasteiger charge is -2.63. The van der Waals surface area contributed by atoms with Crippen molar-refractivity contribution in [2.24, 2.45) is 23.7 Å². The SMILES string of the molecule is CC1CCSC2(N1)C1CC3CC(C1)CC2C3. The van der Waals surface area contributed by atoms with E-state index in [1.165, 1.54) is 12.2 Å². The molecular weight excluding hydrogens is 214 g/mol. The second-order valence-corrected chi connectivity index (χ2v) is 8.15. The van der Waals surface area contributed by atoms with E-state index in [1.54, 1.807) is 32.1 Å². The van der Waals surface area contributed by atoms with Crippen LogP contribution < -0.4 is 5.32 Å². The summed E-state index contributed by atoms with van der Waals surface area (Å²) in [6, 6.07) is 0.763. The molecule has 0 amide bonds. The van der Waals surface area contributed by atoms with Crippen LogP contribution in [0, 0.1) is 23.7 Å². The van der Waals surface area contributed by atoms with Crippen LogP contribution in [0.25, 0.3) is 0 Å². The van der Waals surface area contributed by atoms with E-state index < -0.39 is 0 Å². The Bertz CT molecular complexity index is 273. The summed E-state index contributed by atoms with van der Waals surface area (Å²) >= 11 is 2.29. The number of nitrogens with one attached hydrogen (secondary N) is 1. The van der Waals surface area contributed by atoms with Gasteiger partial charge in [0.2, 0.25) is 0 Å². The fraction of sp³-hybridized carbons (Fsp3) is 1.00. The smallest absolute Gasteiger partial charge is 0.0704 e. The van der Waals surface area contributed by atoms with Gasteiger partial charge in [-0.25, -0.2) is 0 Å². The predicted octanol–water partition coefficient (Wildman–Crippen LogP) is 3.25. The Morgan fingerprint density at radius 1 is 1.00 bits per heavy atom. The molecule has 0 aromatic rings. The molecule has 1 nitrogen and oxygen atoms in total. The average Bonchev–Trinajstić information content (AvgIpc) is 2.25. The number of hydrogen-bond acceptors (Lipinski definition) is 2. The zero-order chi connectivity index (χ0) is 10.8. The summed E-state index contributed by atoms with van der Waals surface area (Å²) in [5.74, 6) is 5.63. The zero-order valence-corrected chi connectivity index (χ0v) is 11.1. The van der Waals surface area contributed by atoms with Crippen LogP contribution in [0.2, 0.25) is 0 Å². The van der Waals surface area contributed by atoms with Gasteiger partial charge in [0.15, 0.2) is 0 Å². The maximum atomic E-state index is 4.04. The van der Waals surface area contributed by atoms with E-state index in [2.05, 4.69) is 24.0 Å². The van der Waals surface area contributed by atoms with Crippen LogP contribution in [0.5, 0.6) is 0 Å². The molecule has 1 unspecified atom stereocenters. The summed E-state index contributed by atoms with van der Waals surface area (Å²) in [4.78, 5) is 0.519. The maximum Gasteiger partial charge on any atom is 0.0704 e. The molecule has 5 fully saturated rings. The quantitative estimate of drug-likeness (QED) is 0.694. The second-order valence-electron chi connectivity index (χ2n) is 6.78. The lowest BCUT2D eigenvalue weighted by atomic mass is 9.53. The summed E-state index contributed by atoms with van der Waals surface area (Å²) in [5.41, 5.74) is 0. The van der Waals surface area contributed by atoms with Crippen molar-refractivity contribution in [2.45, 2.75) is 56.4 Å². The van der Waals surface area contributed by atoms with E-state index >= 15 is 0 Å². The summed E-state index contributed by atoms with van der Waals surface area (Å²) < 4.78 is 0. The average molecular weight is 237 g/mol. The molecule has 16 heavy (non-hydrogen) atoms. The van der Waals surface area contributed by atoms with Gasteiger partial charge in [0, 0.05) is 6.04 Å². The highest BCUT2D eigenvalue weighted by Crippen LogP contribution is 2.62. The molecule has 5 rings (SSSR count). The van der Waals surface area contributed by atoms with Crippen LogP contribution in [-0.2, 0) is 0 Å². The molecule has 90 valence electrons. The second kappa shape index (κ2) is 3.41. The summed E-state index contributed by atoms with van der Waals surface area (Å²) in [6.07, 6.45) is 9.11. The Labute approximate surface area is 103 Å². The molecule has 1 atom stereocenters. The van der Waals surface area contributed by atoms with Crippen molar-refractivity contribution in [1.29, 1.82) is 0 Å². The molecule has 1 heterocycles. The fourth-order valence-corrected chi connectivity index (χ4v) is 7.21. The van der Waals surface area contributed by atoms with Gasteiger partial charge in [-0.2, -0.15) is 0 Å². The number of hydrogen-bond donors (Lipinski definition) is 1. The van der Waals surface area contributed by atoms with Crippen molar-refractivity contribution < 1.29 is 0 Å². The molecule has 1 N–H and O–H groups in total. The summed E-state index contributed by atoms with van der Waals surface area (Å²) in [7, 11) is 0. The van der Waals surface area contributed by atoms with Gasteiger partial charge < -0.3 is 0 Å². The van der Waals surface area contributed by atoms with E-state index in [9.17, 15) is 0 Å². The lowest BCUT2D eigenvalue weighted by Crippen LogP contribution is -2.66. The zero-order valence-electron chi connectivity index (χ0n) is 10.2. The van der Waals surface area contributed by atoms with Gasteiger partial charge in [-0.05, 0) is 74.9 Å². The molecule has 4 saturated carbocycles. The van der Waals surface area contributed by atoms with Crippen LogP contribution in [-0.4, -0.2) is 16.7 Å². The van der Waals surface area contributed by atoms with Crippen LogP contribution in [0.15, 0.2) is 0 Å². The van der Waals surface area contributed by atoms with Gasteiger partial charge in [-0.3, -0.25) is 5.32 Å². The Morgan fingerprint density at radius 3 is 2.19 bits per heavy atom. The molecule has 0 radical (unpaired) electrons. The number of thioether (sulfide) groups is 1. The topological polar surface area (TPSA) is 12.0 Å². The highest BCUT2D eigenvalue weighted by atomic mass is 32.2. The Morgan fingerprint density at radius 2 is 1.62 bits per heavy atom. The molecule has 1 saturated heterocycles. The monoisotopic (exact) mass is 237 g/mol. The molecule has 4 aliphatic carbocycles. The standard InChI is InChI=1S/C14H23NS/c1-9-2-3-16-14(15-9)12-5-10-4-11(7-12)8-13(14)6-10/h9-13,15H,2-8H2,1H3. The van der Waals surface area contributed by atoms with Crippen LogP contribution in [0.1, 0.15) is 45.4 Å². The summed E-state index contributed by atoms with van der Waals surface area (Å²) in [6.45, 7) is 2.40. The lowest BCUT2D eigenvalue weighted by molar-refractivity contribution is -0.0352. The highest BCUT2D eigenvalue weighted by molar-refractivity contribution is 8.00. The normalized spacial score (nSPS) is 59.4. The molecule has 1 aliphatic heterocycles. The van der Waals surface area contributed by atoms with Crippen LogP contribution in [0.3, 0.4) is 0 Å². The first-order valence-electron chi connectivity index (χ1n) is 7.18. The largest absolute Gasteiger partial charge is 0.300 e. The molecule has 4 bridgehead atoms. The van der Waals surface area contributed by atoms with Crippen LogP contribution >= 0.6 is 11.8 Å². The third-order valence-corrected chi connectivity index (χ3v) is 7.42. The maximum absolute atomic E-state index is 4.04. The molecule has 5 aliphatic rings. The molecule has 0 aromatic heterocycles. The molecular formula is C14H23NS. The van der Waals surface area contributed by atoms with Crippen molar-refractivity contribution in [3.63, 3.8) is 0 Å². The van der Waals surface area contributed by atoms with E-state index in [0.29, 0.717) is 4.87 Å². The van der Waals surface area contributed by atoms with Crippen molar-refractivity contribution >= 4 is 11.8 Å². The molecule has 0 aromatic carbocycles. The van der Waals surface area contributed by atoms with Crippen molar-refractivity contribution in [2.75, 3.05) is 5.75 Å². The summed E-state index contributed by atoms with van der Waals surface area (Å²) in [5, 5.41) is 4.04. The van der Waals surface area contributed by atoms with Gasteiger partial charge in [0.05, 0.1) is 4.87 Å². The molecule has 2 heteroatoms. The molecule has 1 spiro atoms. The van der Waals surface area contributed by atoms with Gasteiger partial charge in [-0.15, -0.1) is 11.8 Å². The number of rotatable bonds is 0. The van der Waals surface area contributed by atoms with Crippen molar-refractivity contribution in [1.82, 2.24) is 5.32 Å². The van der Waals surface area contributed by atoms with Crippen molar-refractivity contribution in [3.05, 3.63) is 0 Å². The van der Waals surface area contributed by atoms with E-state index in [0.717, 1.165) is 29.7 Å². The van der Waals surface area contributed by atoms with Gasteiger partial charge in [0.1, 0.15) is 0 Å². The van der Waals surface area contributed by atoms with Crippen LogP contribution in [0.4, 0.5) is 0 Å². The minimum Gasteiger partial charge on any atom is -0.300 e. The minimum absolute atomic E-state index is 0.519. The predicted molar refractivity (Wildman–Crippen MR) is 69.4 cm³/mol. The Kier molecular flexibility index (Phi) is 2.19. The first-order valence-corrected chi connectivity index (χ1v) is 8.16. The highest BCUT2D eigenvalue weighted by Gasteiger charge is 2.58. The minimum atomic E-state index is 0.519. The van der Waals surface area contributed by atoms with E-state index in [4.69, 9.17) is 0 Å². The first-order chi connectivity index (χ1) is 7.76. The van der Waals surface area contributed by atoms with E-state index in [1.807, 2.05) is 0 Å². The third-order valence-electron chi connectivity index (χ3n) is 5.71. The Balaban J connectivity index is 1.67. The Hall–Kier alpha value is 0.310. The van der Waals surface area contributed by atoms with Gasteiger partial charge in [-0.1, -0.05) is 0 Å². The first kappa shape index (κ1) is 10.3. The van der Waals surface area contributed by atoms with Gasteiger partial charge in [0.25, 0.3) is 0 Å². The van der Waals surface area contributed by atoms with Gasteiger partial charge >= 0.3 is 0 Å². The van der Waals surface area contributed by atoms with E-state index in [-0.39, 0.29) is 0 Å².